The number of para-hydroxylation sites is 1. The second kappa shape index (κ2) is 14.4. The molecule has 8 aromatic carbocycles. The topological polar surface area (TPSA) is 3.24 Å². The van der Waals surface area contributed by atoms with Crippen LogP contribution >= 0.6 is 0 Å². The zero-order valence-corrected chi connectivity index (χ0v) is 34.0. The van der Waals surface area contributed by atoms with Gasteiger partial charge in [-0.3, -0.25) is 0 Å². The number of fused-ring (bicyclic) bond motifs is 5. The largest absolute Gasteiger partial charge is 0.309 e. The van der Waals surface area contributed by atoms with E-state index in [-0.39, 0.29) is 5.41 Å². The lowest BCUT2D eigenvalue weighted by atomic mass is 9.81. The molecule has 2 saturated carbocycles. The first kappa shape index (κ1) is 35.7. The summed E-state index contributed by atoms with van der Waals surface area (Å²) in [7, 11) is 0. The normalized spacial score (nSPS) is 18.4. The summed E-state index contributed by atoms with van der Waals surface area (Å²) in [5, 5.41) is 0. The summed E-state index contributed by atoms with van der Waals surface area (Å²) in [6.45, 7) is 4.79. The van der Waals surface area contributed by atoms with Gasteiger partial charge in [0.1, 0.15) is 0 Å². The van der Waals surface area contributed by atoms with Crippen LogP contribution in [0.4, 0.5) is 17.1 Å². The zero-order valence-electron chi connectivity index (χ0n) is 34.0. The molecule has 8 aromatic rings. The molecule has 0 aliphatic heterocycles. The minimum absolute atomic E-state index is 0.152. The molecule has 59 heavy (non-hydrogen) atoms. The molecule has 2 fully saturated rings. The van der Waals surface area contributed by atoms with Crippen molar-refractivity contribution in [3.8, 4) is 55.6 Å². The van der Waals surface area contributed by atoms with Gasteiger partial charge in [-0.05, 0) is 129 Å². The Labute approximate surface area is 349 Å². The minimum atomic E-state index is -0.152. The third-order valence-corrected chi connectivity index (χ3v) is 14.0. The van der Waals surface area contributed by atoms with Crippen LogP contribution in [0.3, 0.4) is 0 Å². The van der Waals surface area contributed by atoms with Gasteiger partial charge in [-0.25, -0.2) is 0 Å². The quantitative estimate of drug-likeness (QED) is 0.149. The fraction of sp³-hybridized carbons (Fsp3) is 0.172. The predicted octanol–water partition coefficient (Wildman–Crippen LogP) is 16.0. The molecule has 11 rings (SSSR count). The monoisotopic (exact) mass is 759 g/mol. The molecule has 0 radical (unpaired) electrons. The van der Waals surface area contributed by atoms with Gasteiger partial charge in [-0.15, -0.1) is 0 Å². The summed E-state index contributed by atoms with van der Waals surface area (Å²) < 4.78 is 0. The second-order valence-electron chi connectivity index (χ2n) is 17.6. The molecular formula is C58H49N. The average molecular weight is 760 g/mol. The summed E-state index contributed by atoms with van der Waals surface area (Å²) >= 11 is 0. The van der Waals surface area contributed by atoms with Crippen molar-refractivity contribution >= 4 is 17.1 Å². The number of hydrogen-bond donors (Lipinski definition) is 0. The Bertz CT molecular complexity index is 2810. The Kier molecular flexibility index (Phi) is 8.73. The van der Waals surface area contributed by atoms with Crippen molar-refractivity contribution in [2.45, 2.75) is 50.9 Å². The molecule has 3 atom stereocenters. The second-order valence-corrected chi connectivity index (χ2v) is 17.6. The molecule has 2 bridgehead atoms. The summed E-state index contributed by atoms with van der Waals surface area (Å²) in [4.78, 5) is 2.57. The first-order valence-electron chi connectivity index (χ1n) is 21.6. The third-order valence-electron chi connectivity index (χ3n) is 14.0. The van der Waals surface area contributed by atoms with Crippen LogP contribution in [0.2, 0.25) is 0 Å². The van der Waals surface area contributed by atoms with E-state index in [1.165, 1.54) is 109 Å². The average Bonchev–Trinajstić information content (AvgIpc) is 4.00. The Morgan fingerprint density at radius 2 is 0.949 bits per heavy atom. The maximum Gasteiger partial charge on any atom is 0.0543 e. The molecule has 0 spiro atoms. The van der Waals surface area contributed by atoms with Gasteiger partial charge in [0, 0.05) is 22.2 Å². The highest BCUT2D eigenvalue weighted by Crippen LogP contribution is 2.56. The van der Waals surface area contributed by atoms with Crippen molar-refractivity contribution in [1.82, 2.24) is 0 Å². The SMILES string of the molecule is CC1(C)c2ccccc2-c2cc(-c3ccccc3)c(N(c3ccc(C4CC5CCC4C5)cc3)c3ccccc3-c3ccccc3-c3ccccc3-c3ccccc3)cc21. The van der Waals surface area contributed by atoms with Gasteiger partial charge < -0.3 is 4.90 Å². The van der Waals surface area contributed by atoms with E-state index in [1.54, 1.807) is 0 Å². The van der Waals surface area contributed by atoms with Crippen LogP contribution in [0.5, 0.6) is 0 Å². The maximum absolute atomic E-state index is 2.57. The molecule has 0 N–H and O–H groups in total. The van der Waals surface area contributed by atoms with Crippen LogP contribution in [-0.2, 0) is 5.41 Å². The Hall–Kier alpha value is -6.44. The fourth-order valence-electron chi connectivity index (χ4n) is 11.1. The molecule has 3 aliphatic rings. The molecule has 1 nitrogen and oxygen atoms in total. The van der Waals surface area contributed by atoms with Crippen LogP contribution in [0.25, 0.3) is 55.6 Å². The van der Waals surface area contributed by atoms with Crippen molar-refractivity contribution in [3.05, 3.63) is 211 Å². The summed E-state index contributed by atoms with van der Waals surface area (Å²) in [6.07, 6.45) is 5.56. The van der Waals surface area contributed by atoms with Gasteiger partial charge in [-0.1, -0.05) is 184 Å². The van der Waals surface area contributed by atoms with Crippen LogP contribution in [0.1, 0.15) is 62.1 Å². The van der Waals surface area contributed by atoms with Crippen molar-refractivity contribution in [3.63, 3.8) is 0 Å². The van der Waals surface area contributed by atoms with Gasteiger partial charge in [0.2, 0.25) is 0 Å². The van der Waals surface area contributed by atoms with Crippen LogP contribution in [-0.4, -0.2) is 0 Å². The zero-order chi connectivity index (χ0) is 39.5. The molecule has 1 heteroatoms. The standard InChI is InChI=1S/C58H49N/c1-58(2)54-27-15-13-25-49(54)53-37-52(41-19-7-4-8-20-41)57(38-55(53)58)59(44-33-31-42(32-34-44)51-36-39-29-30-43(51)35-39)56-28-16-14-26-50(56)48-24-12-11-23-47(48)46-22-10-9-21-45(46)40-17-5-3-6-18-40/h3-28,31-34,37-39,43,51H,29-30,35-36H2,1-2H3. The van der Waals surface area contributed by atoms with Gasteiger partial charge in [0.25, 0.3) is 0 Å². The Balaban J connectivity index is 1.15. The predicted molar refractivity (Wildman–Crippen MR) is 249 cm³/mol. The maximum atomic E-state index is 2.57. The first-order valence-corrected chi connectivity index (χ1v) is 21.6. The molecule has 0 amide bonds. The summed E-state index contributed by atoms with van der Waals surface area (Å²) in [5.41, 5.74) is 20.1. The van der Waals surface area contributed by atoms with Crippen molar-refractivity contribution in [2.75, 3.05) is 4.90 Å². The van der Waals surface area contributed by atoms with E-state index in [0.717, 1.165) is 17.5 Å². The number of anilines is 3. The smallest absolute Gasteiger partial charge is 0.0543 e. The van der Waals surface area contributed by atoms with Gasteiger partial charge in [0.15, 0.2) is 0 Å². The Morgan fingerprint density at radius 1 is 0.407 bits per heavy atom. The molecule has 0 aromatic heterocycles. The molecule has 0 heterocycles. The highest BCUT2D eigenvalue weighted by molar-refractivity contribution is 6.00. The van der Waals surface area contributed by atoms with Crippen LogP contribution in [0.15, 0.2) is 194 Å². The van der Waals surface area contributed by atoms with Crippen LogP contribution in [0, 0.1) is 11.8 Å². The van der Waals surface area contributed by atoms with E-state index in [9.17, 15) is 0 Å². The van der Waals surface area contributed by atoms with E-state index >= 15 is 0 Å². The minimum Gasteiger partial charge on any atom is -0.309 e. The van der Waals surface area contributed by atoms with E-state index in [4.69, 9.17) is 0 Å². The van der Waals surface area contributed by atoms with Gasteiger partial charge in [-0.2, -0.15) is 0 Å². The molecule has 3 aliphatic carbocycles. The van der Waals surface area contributed by atoms with E-state index < -0.39 is 0 Å². The van der Waals surface area contributed by atoms with Crippen LogP contribution < -0.4 is 4.90 Å². The van der Waals surface area contributed by atoms with Crippen molar-refractivity contribution < 1.29 is 0 Å². The third kappa shape index (κ3) is 6.06. The number of rotatable bonds is 8. The fourth-order valence-corrected chi connectivity index (χ4v) is 11.1. The number of hydrogen-bond acceptors (Lipinski definition) is 1. The van der Waals surface area contributed by atoms with Gasteiger partial charge in [0.05, 0.1) is 11.4 Å². The molecule has 3 unspecified atom stereocenters. The Morgan fingerprint density at radius 3 is 1.59 bits per heavy atom. The lowest BCUT2D eigenvalue weighted by Gasteiger charge is -2.32. The van der Waals surface area contributed by atoms with Gasteiger partial charge >= 0.3 is 0 Å². The van der Waals surface area contributed by atoms with Crippen molar-refractivity contribution in [2.24, 2.45) is 11.8 Å². The van der Waals surface area contributed by atoms with E-state index in [2.05, 4.69) is 213 Å². The lowest BCUT2D eigenvalue weighted by Crippen LogP contribution is -2.17. The van der Waals surface area contributed by atoms with E-state index in [0.29, 0.717) is 5.92 Å². The molecule has 286 valence electrons. The molecule has 0 saturated heterocycles. The molecular weight excluding hydrogens is 711 g/mol. The summed E-state index contributed by atoms with van der Waals surface area (Å²) in [5.74, 6) is 2.43. The number of benzene rings is 8. The summed E-state index contributed by atoms with van der Waals surface area (Å²) in [6, 6.07) is 72.5. The van der Waals surface area contributed by atoms with E-state index in [1.807, 2.05) is 0 Å². The first-order chi connectivity index (χ1) is 29.0. The highest BCUT2D eigenvalue weighted by Gasteiger charge is 2.40. The lowest BCUT2D eigenvalue weighted by molar-refractivity contribution is 0.420. The van der Waals surface area contributed by atoms with Crippen molar-refractivity contribution in [1.29, 1.82) is 0 Å². The number of nitrogens with zero attached hydrogens (tertiary/aromatic N) is 1. The highest BCUT2D eigenvalue weighted by atomic mass is 15.1.